The highest BCUT2D eigenvalue weighted by atomic mass is 32.1. The van der Waals surface area contributed by atoms with E-state index in [4.69, 9.17) is 0 Å². The Balaban J connectivity index is 1.57. The summed E-state index contributed by atoms with van der Waals surface area (Å²) in [5, 5.41) is 16.2. The zero-order valence-corrected chi connectivity index (χ0v) is 23.2. The van der Waals surface area contributed by atoms with Gasteiger partial charge in [-0.15, -0.1) is 11.3 Å². The number of carbonyl (C=O) groups excluding carboxylic acids is 1. The minimum Gasteiger partial charge on any atom is -0.381 e. The van der Waals surface area contributed by atoms with Gasteiger partial charge in [0, 0.05) is 25.3 Å². The number of rotatable bonds is 9. The van der Waals surface area contributed by atoms with Crippen LogP contribution in [0, 0.1) is 17.2 Å². The van der Waals surface area contributed by atoms with Gasteiger partial charge < -0.3 is 10.6 Å². The smallest absolute Gasteiger partial charge is 0.269 e. The molecule has 198 valence electrons. The van der Waals surface area contributed by atoms with Gasteiger partial charge in [0.1, 0.15) is 5.92 Å². The van der Waals surface area contributed by atoms with E-state index in [1.807, 2.05) is 98.8 Å². The molecule has 6 nitrogen and oxygen atoms in total. The van der Waals surface area contributed by atoms with Crippen LogP contribution in [-0.4, -0.2) is 17.0 Å². The first-order valence-corrected chi connectivity index (χ1v) is 13.8. The first-order valence-electron chi connectivity index (χ1n) is 12.9. The SMILES string of the molecule is CCn1c(=O)/c(=C(/C)CNc2ccccc2)s/c1=C(/C)C(C#N)C(=O)NCc1cccc(-c2ccccc2)c1. The van der Waals surface area contributed by atoms with Crippen LogP contribution in [0.15, 0.2) is 89.7 Å². The Labute approximate surface area is 232 Å². The van der Waals surface area contributed by atoms with E-state index in [0.717, 1.165) is 28.0 Å². The van der Waals surface area contributed by atoms with Gasteiger partial charge in [-0.2, -0.15) is 5.26 Å². The van der Waals surface area contributed by atoms with E-state index in [9.17, 15) is 14.9 Å². The molecule has 0 spiro atoms. The molecule has 0 aliphatic rings. The fraction of sp³-hybridized carbons (Fsp3) is 0.219. The Morgan fingerprint density at radius 2 is 1.64 bits per heavy atom. The Hall–Kier alpha value is -4.41. The van der Waals surface area contributed by atoms with Crippen molar-refractivity contribution in [1.29, 1.82) is 5.26 Å². The summed E-state index contributed by atoms with van der Waals surface area (Å²) in [4.78, 5) is 26.4. The Bertz CT molecular complexity index is 1670. The second-order valence-electron chi connectivity index (χ2n) is 9.31. The maximum Gasteiger partial charge on any atom is 0.269 e. The van der Waals surface area contributed by atoms with Crippen LogP contribution >= 0.6 is 11.3 Å². The van der Waals surface area contributed by atoms with Crippen LogP contribution in [0.2, 0.25) is 0 Å². The van der Waals surface area contributed by atoms with Gasteiger partial charge in [-0.3, -0.25) is 14.2 Å². The molecule has 1 atom stereocenters. The van der Waals surface area contributed by atoms with E-state index >= 15 is 0 Å². The molecule has 0 aliphatic heterocycles. The third kappa shape index (κ3) is 6.54. The van der Waals surface area contributed by atoms with Crippen molar-refractivity contribution in [2.75, 3.05) is 11.9 Å². The number of amides is 1. The number of aromatic nitrogens is 1. The van der Waals surface area contributed by atoms with E-state index in [0.29, 0.717) is 34.4 Å². The highest BCUT2D eigenvalue weighted by Gasteiger charge is 2.22. The molecular weight excluding hydrogens is 504 g/mol. The molecule has 4 aromatic rings. The molecule has 3 aromatic carbocycles. The predicted octanol–water partition coefficient (Wildman–Crippen LogP) is 4.51. The number of hydrogen-bond acceptors (Lipinski definition) is 5. The van der Waals surface area contributed by atoms with E-state index in [1.165, 1.54) is 11.3 Å². The minimum atomic E-state index is -1.01. The molecule has 1 heterocycles. The molecule has 0 saturated carbocycles. The number of thiazole rings is 1. The number of nitrogens with one attached hydrogen (secondary N) is 2. The Morgan fingerprint density at radius 1 is 0.974 bits per heavy atom. The van der Waals surface area contributed by atoms with Crippen LogP contribution < -0.4 is 25.4 Å². The van der Waals surface area contributed by atoms with Gasteiger partial charge in [-0.25, -0.2) is 0 Å². The summed E-state index contributed by atoms with van der Waals surface area (Å²) in [6, 6.07) is 30.0. The summed E-state index contributed by atoms with van der Waals surface area (Å²) >= 11 is 1.34. The van der Waals surface area contributed by atoms with Crippen molar-refractivity contribution >= 4 is 34.1 Å². The maximum absolute atomic E-state index is 13.2. The molecule has 0 radical (unpaired) electrons. The van der Waals surface area contributed by atoms with Crippen molar-refractivity contribution in [1.82, 2.24) is 9.88 Å². The summed E-state index contributed by atoms with van der Waals surface area (Å²) in [5.41, 5.74) is 5.47. The van der Waals surface area contributed by atoms with Crippen molar-refractivity contribution in [3.63, 3.8) is 0 Å². The monoisotopic (exact) mass is 536 g/mol. The predicted molar refractivity (Wildman–Crippen MR) is 159 cm³/mol. The summed E-state index contributed by atoms with van der Waals surface area (Å²) in [7, 11) is 0. The van der Waals surface area contributed by atoms with E-state index in [-0.39, 0.29) is 11.5 Å². The third-order valence-corrected chi connectivity index (χ3v) is 8.04. The lowest BCUT2D eigenvalue weighted by Crippen LogP contribution is -2.35. The normalized spacial score (nSPS) is 13.2. The number of benzene rings is 3. The average molecular weight is 537 g/mol. The Morgan fingerprint density at radius 3 is 2.31 bits per heavy atom. The molecule has 7 heteroatoms. The summed E-state index contributed by atoms with van der Waals surface area (Å²) < 4.78 is 2.94. The van der Waals surface area contributed by atoms with Crippen LogP contribution in [0.4, 0.5) is 5.69 Å². The molecule has 39 heavy (non-hydrogen) atoms. The fourth-order valence-electron chi connectivity index (χ4n) is 4.39. The van der Waals surface area contributed by atoms with Crippen LogP contribution in [-0.2, 0) is 17.9 Å². The molecule has 0 saturated heterocycles. The molecule has 0 bridgehead atoms. The van der Waals surface area contributed by atoms with Gasteiger partial charge >= 0.3 is 0 Å². The number of carbonyl (C=O) groups is 1. The van der Waals surface area contributed by atoms with Gasteiger partial charge in [-0.05, 0) is 66.8 Å². The Kier molecular flexibility index (Phi) is 9.14. The lowest BCUT2D eigenvalue weighted by Gasteiger charge is -2.12. The zero-order chi connectivity index (χ0) is 27.8. The second-order valence-corrected chi connectivity index (χ2v) is 10.3. The zero-order valence-electron chi connectivity index (χ0n) is 22.4. The summed E-state index contributed by atoms with van der Waals surface area (Å²) in [5.74, 6) is -1.38. The van der Waals surface area contributed by atoms with E-state index < -0.39 is 5.92 Å². The standard InChI is InChI=1S/C32H32N4O2S/c1-4-36-31(38)29(22(2)20-34-27-16-9-6-10-17-27)39-32(36)23(3)28(19-33)30(37)35-21-24-12-11-15-26(18-24)25-13-7-5-8-14-25/h5-18,28,34H,4,20-21H2,1-3H3,(H,35,37)/b29-22+,32-23-. The highest BCUT2D eigenvalue weighted by molar-refractivity contribution is 7.07. The van der Waals surface area contributed by atoms with Gasteiger partial charge in [0.05, 0.1) is 15.3 Å². The number of nitriles is 1. The van der Waals surface area contributed by atoms with Gasteiger partial charge in [-0.1, -0.05) is 66.7 Å². The van der Waals surface area contributed by atoms with E-state index in [2.05, 4.69) is 16.7 Å². The molecule has 2 N–H and O–H groups in total. The van der Waals surface area contributed by atoms with Crippen molar-refractivity contribution in [2.45, 2.75) is 33.9 Å². The molecule has 1 amide bonds. The number of para-hydroxylation sites is 1. The summed E-state index contributed by atoms with van der Waals surface area (Å²) in [6.07, 6.45) is 0. The molecular formula is C32H32N4O2S. The van der Waals surface area contributed by atoms with Gasteiger partial charge in [0.2, 0.25) is 5.91 Å². The van der Waals surface area contributed by atoms with Crippen LogP contribution in [0.1, 0.15) is 26.3 Å². The molecule has 0 fully saturated rings. The van der Waals surface area contributed by atoms with Crippen molar-refractivity contribution in [3.05, 3.63) is 110 Å². The first-order chi connectivity index (χ1) is 18.9. The van der Waals surface area contributed by atoms with Crippen molar-refractivity contribution < 1.29 is 4.79 Å². The largest absolute Gasteiger partial charge is 0.381 e. The topological polar surface area (TPSA) is 86.9 Å². The van der Waals surface area contributed by atoms with Crippen LogP contribution in [0.3, 0.4) is 0 Å². The molecule has 1 unspecified atom stereocenters. The highest BCUT2D eigenvalue weighted by Crippen LogP contribution is 2.20. The number of anilines is 1. The fourth-order valence-corrected chi connectivity index (χ4v) is 5.63. The van der Waals surface area contributed by atoms with Crippen LogP contribution in [0.25, 0.3) is 22.3 Å². The van der Waals surface area contributed by atoms with Gasteiger partial charge in [0.15, 0.2) is 0 Å². The quantitative estimate of drug-likeness (QED) is 0.330. The van der Waals surface area contributed by atoms with E-state index in [1.54, 1.807) is 11.5 Å². The number of hydrogen-bond donors (Lipinski definition) is 2. The van der Waals surface area contributed by atoms with Crippen LogP contribution in [0.5, 0.6) is 0 Å². The lowest BCUT2D eigenvalue weighted by molar-refractivity contribution is -0.122. The first kappa shape index (κ1) is 27.6. The average Bonchev–Trinajstić information content (AvgIpc) is 3.32. The van der Waals surface area contributed by atoms with Crippen molar-refractivity contribution in [2.24, 2.45) is 5.92 Å². The molecule has 0 aliphatic carbocycles. The van der Waals surface area contributed by atoms with Crippen molar-refractivity contribution in [3.8, 4) is 17.2 Å². The third-order valence-electron chi connectivity index (χ3n) is 6.58. The lowest BCUT2D eigenvalue weighted by atomic mass is 10.0. The molecule has 4 rings (SSSR count). The summed E-state index contributed by atoms with van der Waals surface area (Å²) in [6.45, 7) is 6.87. The minimum absolute atomic E-state index is 0.0981. The van der Waals surface area contributed by atoms with Gasteiger partial charge in [0.25, 0.3) is 5.56 Å². The molecule has 1 aromatic heterocycles. The number of nitrogens with zero attached hydrogens (tertiary/aromatic N) is 2. The maximum atomic E-state index is 13.2. The second kappa shape index (κ2) is 12.9.